The number of likely N-dealkylation sites (tertiary alicyclic amines) is 2. The number of hydrogen-bond donors (Lipinski definition) is 1. The lowest BCUT2D eigenvalue weighted by Gasteiger charge is -2.16. The van der Waals surface area contributed by atoms with E-state index in [1.807, 2.05) is 26.5 Å². The van der Waals surface area contributed by atoms with Crippen LogP contribution in [0.5, 0.6) is 0 Å². The van der Waals surface area contributed by atoms with E-state index < -0.39 is 0 Å². The molecule has 0 aliphatic carbocycles. The normalized spacial score (nSPS) is 15.9. The minimum absolute atomic E-state index is 0.0203. The molecule has 0 radical (unpaired) electrons. The van der Waals surface area contributed by atoms with E-state index in [-0.39, 0.29) is 17.6 Å². The van der Waals surface area contributed by atoms with Gasteiger partial charge in [0.1, 0.15) is 5.52 Å². The highest BCUT2D eigenvalue weighted by Gasteiger charge is 2.22. The summed E-state index contributed by atoms with van der Waals surface area (Å²) in [6.07, 6.45) is 5.62. The Labute approximate surface area is 209 Å². The Morgan fingerprint density at radius 3 is 2.44 bits per heavy atom. The van der Waals surface area contributed by atoms with Gasteiger partial charge in [-0.3, -0.25) is 14.4 Å². The first kappa shape index (κ1) is 23.9. The molecule has 0 spiro atoms. The number of Topliss-reactive ketones (excluding diaryl/α,β-unsaturated/α-hetero) is 1. The fraction of sp³-hybridized carbons (Fsp3) is 0.462. The first-order valence-electron chi connectivity index (χ1n) is 12.6. The molecule has 2 fully saturated rings. The van der Waals surface area contributed by atoms with Crippen molar-refractivity contribution >= 4 is 34.6 Å². The van der Waals surface area contributed by atoms with Crippen LogP contribution in [-0.2, 0) is 16.1 Å². The lowest BCUT2D eigenvalue weighted by atomic mass is 10.1. The highest BCUT2D eigenvalue weighted by molar-refractivity contribution is 5.95. The van der Waals surface area contributed by atoms with Crippen LogP contribution in [0.2, 0.25) is 0 Å². The second-order valence-electron chi connectivity index (χ2n) is 9.39. The van der Waals surface area contributed by atoms with E-state index in [1.54, 1.807) is 18.5 Å². The van der Waals surface area contributed by atoms with Gasteiger partial charge in [-0.2, -0.15) is 0 Å². The van der Waals surface area contributed by atoms with E-state index in [2.05, 4.69) is 10.3 Å². The van der Waals surface area contributed by atoms with Gasteiger partial charge in [-0.15, -0.1) is 0 Å². The SMILES string of the molecule is CC(=O)c1cccc(-c2nc(NCCCN3CCCC3=O)c3ncn(CCN4CCCC4=O)c3n2)c1. The fourth-order valence-corrected chi connectivity index (χ4v) is 4.82. The Morgan fingerprint density at radius 1 is 1.00 bits per heavy atom. The van der Waals surface area contributed by atoms with Gasteiger partial charge >= 0.3 is 0 Å². The summed E-state index contributed by atoms with van der Waals surface area (Å²) >= 11 is 0. The molecule has 4 heterocycles. The molecule has 1 aromatic carbocycles. The van der Waals surface area contributed by atoms with Crippen LogP contribution in [0.15, 0.2) is 30.6 Å². The van der Waals surface area contributed by atoms with Gasteiger partial charge < -0.3 is 19.7 Å². The number of rotatable bonds is 10. The number of ketones is 1. The van der Waals surface area contributed by atoms with Gasteiger partial charge in [-0.05, 0) is 32.3 Å². The maximum absolute atomic E-state index is 12.1. The Hall–Kier alpha value is -3.82. The zero-order valence-electron chi connectivity index (χ0n) is 20.6. The number of carbonyl (C=O) groups is 3. The molecule has 10 heteroatoms. The zero-order valence-corrected chi connectivity index (χ0v) is 20.6. The van der Waals surface area contributed by atoms with Gasteiger partial charge in [0.25, 0.3) is 0 Å². The summed E-state index contributed by atoms with van der Waals surface area (Å²) in [4.78, 5) is 53.8. The molecule has 2 aliphatic heterocycles. The van der Waals surface area contributed by atoms with Gasteiger partial charge in [-0.1, -0.05) is 18.2 Å². The number of nitrogens with zero attached hydrogens (tertiary/aromatic N) is 6. The van der Waals surface area contributed by atoms with E-state index in [0.717, 1.165) is 37.9 Å². The van der Waals surface area contributed by atoms with Crippen molar-refractivity contribution in [3.63, 3.8) is 0 Å². The second kappa shape index (κ2) is 10.4. The van der Waals surface area contributed by atoms with Crippen LogP contribution in [0.3, 0.4) is 0 Å². The quantitative estimate of drug-likeness (QED) is 0.344. The molecule has 3 aromatic rings. The number of imidazole rings is 1. The molecule has 2 saturated heterocycles. The smallest absolute Gasteiger partial charge is 0.222 e. The Balaban J connectivity index is 1.41. The largest absolute Gasteiger partial charge is 0.368 e. The average Bonchev–Trinajstić information content (AvgIpc) is 3.60. The first-order chi connectivity index (χ1) is 17.5. The lowest BCUT2D eigenvalue weighted by molar-refractivity contribution is -0.128. The maximum Gasteiger partial charge on any atom is 0.222 e. The van der Waals surface area contributed by atoms with Gasteiger partial charge in [0.05, 0.1) is 6.33 Å². The summed E-state index contributed by atoms with van der Waals surface area (Å²) in [5.74, 6) is 1.51. The minimum atomic E-state index is -0.0203. The van der Waals surface area contributed by atoms with Crippen LogP contribution in [-0.4, -0.2) is 79.6 Å². The number of carbonyl (C=O) groups excluding carboxylic acids is 3. The number of amides is 2. The molecule has 10 nitrogen and oxygen atoms in total. The van der Waals surface area contributed by atoms with Crippen LogP contribution in [0.4, 0.5) is 5.82 Å². The molecule has 1 N–H and O–H groups in total. The third-order valence-electron chi connectivity index (χ3n) is 6.84. The highest BCUT2D eigenvalue weighted by Crippen LogP contribution is 2.25. The van der Waals surface area contributed by atoms with E-state index in [9.17, 15) is 14.4 Å². The van der Waals surface area contributed by atoms with Gasteiger partial charge in [-0.25, -0.2) is 15.0 Å². The highest BCUT2D eigenvalue weighted by atomic mass is 16.2. The maximum atomic E-state index is 12.1. The van der Waals surface area contributed by atoms with Crippen molar-refractivity contribution in [1.29, 1.82) is 0 Å². The van der Waals surface area contributed by atoms with Crippen LogP contribution in [0.25, 0.3) is 22.6 Å². The summed E-state index contributed by atoms with van der Waals surface area (Å²) in [6, 6.07) is 7.30. The summed E-state index contributed by atoms with van der Waals surface area (Å²) in [6.45, 7) is 5.70. The van der Waals surface area contributed by atoms with Crippen LogP contribution >= 0.6 is 0 Å². The first-order valence-corrected chi connectivity index (χ1v) is 12.6. The molecule has 36 heavy (non-hydrogen) atoms. The lowest BCUT2D eigenvalue weighted by Crippen LogP contribution is -2.28. The van der Waals surface area contributed by atoms with Crippen molar-refractivity contribution in [2.45, 2.75) is 45.6 Å². The standard InChI is InChI=1S/C26H31N7O3/c1-18(34)19-6-2-7-20(16-19)24-29-25(27-10-5-13-31-11-3-8-21(31)35)23-26(30-24)33(17-28-23)15-14-32-12-4-9-22(32)36/h2,6-7,16-17H,3-5,8-15H2,1H3,(H,27,29,30). The van der Waals surface area contributed by atoms with E-state index >= 15 is 0 Å². The molecular formula is C26H31N7O3. The van der Waals surface area contributed by atoms with Crippen LogP contribution < -0.4 is 5.32 Å². The van der Waals surface area contributed by atoms with Gasteiger partial charge in [0, 0.05) is 63.2 Å². The molecular weight excluding hydrogens is 458 g/mol. The van der Waals surface area contributed by atoms with E-state index in [1.165, 1.54) is 6.92 Å². The van der Waals surface area contributed by atoms with Crippen LogP contribution in [0.1, 0.15) is 49.4 Å². The van der Waals surface area contributed by atoms with Crippen molar-refractivity contribution in [3.05, 3.63) is 36.2 Å². The van der Waals surface area contributed by atoms with Crippen molar-refractivity contribution in [2.75, 3.05) is 38.0 Å². The number of nitrogens with one attached hydrogen (secondary N) is 1. The number of aromatic nitrogens is 4. The monoisotopic (exact) mass is 489 g/mol. The van der Waals surface area contributed by atoms with Crippen molar-refractivity contribution in [1.82, 2.24) is 29.3 Å². The molecule has 2 amide bonds. The Kier molecular flexibility index (Phi) is 6.92. The van der Waals surface area contributed by atoms with Crippen molar-refractivity contribution in [2.24, 2.45) is 0 Å². The third-order valence-corrected chi connectivity index (χ3v) is 6.84. The Morgan fingerprint density at radius 2 is 1.75 bits per heavy atom. The Bertz CT molecular complexity index is 1300. The number of benzene rings is 1. The summed E-state index contributed by atoms with van der Waals surface area (Å²) in [7, 11) is 0. The van der Waals surface area contributed by atoms with Crippen molar-refractivity contribution < 1.29 is 14.4 Å². The fourth-order valence-electron chi connectivity index (χ4n) is 4.82. The summed E-state index contributed by atoms with van der Waals surface area (Å²) in [5, 5.41) is 3.40. The summed E-state index contributed by atoms with van der Waals surface area (Å²) in [5.41, 5.74) is 2.68. The van der Waals surface area contributed by atoms with E-state index in [0.29, 0.717) is 67.4 Å². The number of hydrogen-bond acceptors (Lipinski definition) is 7. The molecule has 0 bridgehead atoms. The molecule has 2 aromatic heterocycles. The topological polar surface area (TPSA) is 113 Å². The molecule has 2 aliphatic rings. The predicted molar refractivity (Wildman–Crippen MR) is 135 cm³/mol. The second-order valence-corrected chi connectivity index (χ2v) is 9.39. The van der Waals surface area contributed by atoms with Gasteiger partial charge in [0.2, 0.25) is 11.8 Å². The zero-order chi connectivity index (χ0) is 25.1. The summed E-state index contributed by atoms with van der Waals surface area (Å²) < 4.78 is 1.95. The van der Waals surface area contributed by atoms with E-state index in [4.69, 9.17) is 9.97 Å². The third kappa shape index (κ3) is 5.07. The van der Waals surface area contributed by atoms with Gasteiger partial charge in [0.15, 0.2) is 23.1 Å². The predicted octanol–water partition coefficient (Wildman–Crippen LogP) is 2.74. The number of anilines is 1. The van der Waals surface area contributed by atoms with Crippen molar-refractivity contribution in [3.8, 4) is 11.4 Å². The molecule has 0 atom stereocenters. The molecule has 5 rings (SSSR count). The number of fused-ring (bicyclic) bond motifs is 1. The molecule has 0 saturated carbocycles. The minimum Gasteiger partial charge on any atom is -0.368 e. The van der Waals surface area contributed by atoms with Crippen LogP contribution in [0, 0.1) is 0 Å². The molecule has 188 valence electrons. The molecule has 0 unspecified atom stereocenters. The average molecular weight is 490 g/mol.